The zero-order valence-electron chi connectivity index (χ0n) is 9.69. The first kappa shape index (κ1) is 11.4. The molecule has 2 fully saturated rings. The van der Waals surface area contributed by atoms with Crippen molar-refractivity contribution in [3.05, 3.63) is 0 Å². The van der Waals surface area contributed by atoms with Crippen LogP contribution in [0.15, 0.2) is 0 Å². The molecule has 2 atom stereocenters. The molecule has 0 aromatic carbocycles. The Morgan fingerprint density at radius 2 is 2.07 bits per heavy atom. The second-order valence-corrected chi connectivity index (χ2v) is 5.02. The Morgan fingerprint density at radius 1 is 1.33 bits per heavy atom. The molecule has 1 heterocycles. The summed E-state index contributed by atoms with van der Waals surface area (Å²) < 4.78 is 5.33. The molecule has 15 heavy (non-hydrogen) atoms. The maximum Gasteiger partial charge on any atom is 0.0710 e. The average Bonchev–Trinajstić information content (AvgIpc) is 2.87. The fourth-order valence-electron chi connectivity index (χ4n) is 2.91. The molecule has 0 amide bonds. The van der Waals surface area contributed by atoms with E-state index in [-0.39, 0.29) is 6.10 Å². The number of ether oxygens (including phenoxy) is 1. The van der Waals surface area contributed by atoms with E-state index in [2.05, 4.69) is 4.90 Å². The third-order valence-electron chi connectivity index (χ3n) is 3.95. The van der Waals surface area contributed by atoms with Gasteiger partial charge in [-0.2, -0.15) is 0 Å². The van der Waals surface area contributed by atoms with Gasteiger partial charge < -0.3 is 9.84 Å². The molecule has 1 aliphatic carbocycles. The summed E-state index contributed by atoms with van der Waals surface area (Å²) in [5.74, 6) is 0.562. The zero-order chi connectivity index (χ0) is 10.7. The van der Waals surface area contributed by atoms with Crippen LogP contribution >= 0.6 is 0 Å². The van der Waals surface area contributed by atoms with Gasteiger partial charge in [0, 0.05) is 26.7 Å². The van der Waals surface area contributed by atoms with E-state index in [9.17, 15) is 5.11 Å². The lowest BCUT2D eigenvalue weighted by molar-refractivity contribution is 0.0618. The predicted octanol–water partition coefficient (Wildman–Crippen LogP) is 1.26. The van der Waals surface area contributed by atoms with Gasteiger partial charge in [0.25, 0.3) is 0 Å². The van der Waals surface area contributed by atoms with E-state index >= 15 is 0 Å². The number of aliphatic hydroxyl groups excluding tert-OH is 1. The molecule has 0 spiro atoms. The van der Waals surface area contributed by atoms with E-state index in [1.54, 1.807) is 7.11 Å². The first-order valence-electron chi connectivity index (χ1n) is 6.23. The Balaban J connectivity index is 1.72. The highest BCUT2D eigenvalue weighted by molar-refractivity contribution is 4.82. The Bertz CT molecular complexity index is 192. The van der Waals surface area contributed by atoms with Gasteiger partial charge in [0.1, 0.15) is 0 Å². The lowest BCUT2D eigenvalue weighted by atomic mass is 10.0. The van der Waals surface area contributed by atoms with Crippen molar-refractivity contribution in [2.45, 2.75) is 44.3 Å². The van der Waals surface area contributed by atoms with Crippen LogP contribution in [0, 0.1) is 5.92 Å². The number of methoxy groups -OCH3 is 1. The van der Waals surface area contributed by atoms with Crippen LogP contribution in [0.4, 0.5) is 0 Å². The second-order valence-electron chi connectivity index (χ2n) is 5.02. The van der Waals surface area contributed by atoms with Crippen LogP contribution in [-0.2, 0) is 4.74 Å². The molecule has 1 N–H and O–H groups in total. The Labute approximate surface area is 92.4 Å². The van der Waals surface area contributed by atoms with Gasteiger partial charge in [0.05, 0.1) is 12.2 Å². The van der Waals surface area contributed by atoms with Crippen LogP contribution in [0.1, 0.15) is 32.1 Å². The van der Waals surface area contributed by atoms with Gasteiger partial charge in [-0.15, -0.1) is 0 Å². The summed E-state index contributed by atoms with van der Waals surface area (Å²) in [4.78, 5) is 2.34. The van der Waals surface area contributed by atoms with Gasteiger partial charge in [0.2, 0.25) is 0 Å². The maximum atomic E-state index is 10.1. The molecule has 1 saturated carbocycles. The predicted molar refractivity (Wildman–Crippen MR) is 59.8 cm³/mol. The SMILES string of the molecule is COC1CCN(CC(O)C2CCCC2)C1. The molecule has 88 valence electrons. The number of hydrogen-bond acceptors (Lipinski definition) is 3. The van der Waals surface area contributed by atoms with Crippen molar-refractivity contribution in [3.8, 4) is 0 Å². The van der Waals surface area contributed by atoms with Crippen molar-refractivity contribution >= 4 is 0 Å². The maximum absolute atomic E-state index is 10.1. The third-order valence-corrected chi connectivity index (χ3v) is 3.95. The van der Waals surface area contributed by atoms with E-state index in [1.165, 1.54) is 25.7 Å². The first-order valence-corrected chi connectivity index (χ1v) is 6.23. The first-order chi connectivity index (χ1) is 7.29. The fraction of sp³-hybridized carbons (Fsp3) is 1.00. The zero-order valence-corrected chi connectivity index (χ0v) is 9.69. The van der Waals surface area contributed by atoms with Crippen LogP contribution in [0.2, 0.25) is 0 Å². The molecule has 1 saturated heterocycles. The van der Waals surface area contributed by atoms with E-state index in [0.717, 1.165) is 26.1 Å². The van der Waals surface area contributed by atoms with Gasteiger partial charge in [-0.25, -0.2) is 0 Å². The van der Waals surface area contributed by atoms with Gasteiger partial charge in [-0.05, 0) is 25.2 Å². The molecule has 0 bridgehead atoms. The van der Waals surface area contributed by atoms with Gasteiger partial charge in [-0.3, -0.25) is 4.90 Å². The minimum atomic E-state index is -0.108. The van der Waals surface area contributed by atoms with E-state index in [4.69, 9.17) is 4.74 Å². The van der Waals surface area contributed by atoms with E-state index in [0.29, 0.717) is 12.0 Å². The van der Waals surface area contributed by atoms with Gasteiger partial charge >= 0.3 is 0 Å². The minimum absolute atomic E-state index is 0.108. The molecule has 0 aromatic heterocycles. The summed E-state index contributed by atoms with van der Waals surface area (Å²) in [5.41, 5.74) is 0. The minimum Gasteiger partial charge on any atom is -0.392 e. The van der Waals surface area contributed by atoms with Crippen molar-refractivity contribution in [3.63, 3.8) is 0 Å². The van der Waals surface area contributed by atoms with Crippen molar-refractivity contribution in [2.75, 3.05) is 26.7 Å². The Hall–Kier alpha value is -0.120. The molecule has 0 aromatic rings. The summed E-state index contributed by atoms with van der Waals surface area (Å²) >= 11 is 0. The number of likely N-dealkylation sites (tertiary alicyclic amines) is 1. The van der Waals surface area contributed by atoms with Crippen molar-refractivity contribution in [1.82, 2.24) is 4.90 Å². The lowest BCUT2D eigenvalue weighted by Gasteiger charge is -2.23. The van der Waals surface area contributed by atoms with Crippen molar-refractivity contribution in [2.24, 2.45) is 5.92 Å². The van der Waals surface area contributed by atoms with Crippen LogP contribution in [-0.4, -0.2) is 49.0 Å². The number of hydrogen-bond donors (Lipinski definition) is 1. The molecule has 0 radical (unpaired) electrons. The summed E-state index contributed by atoms with van der Waals surface area (Å²) in [6, 6.07) is 0. The monoisotopic (exact) mass is 213 g/mol. The smallest absolute Gasteiger partial charge is 0.0710 e. The molecule has 1 aliphatic heterocycles. The fourth-order valence-corrected chi connectivity index (χ4v) is 2.91. The topological polar surface area (TPSA) is 32.7 Å². The van der Waals surface area contributed by atoms with Gasteiger partial charge in [-0.1, -0.05) is 12.8 Å². The number of rotatable bonds is 4. The third kappa shape index (κ3) is 2.92. The lowest BCUT2D eigenvalue weighted by Crippen LogP contribution is -2.35. The summed E-state index contributed by atoms with van der Waals surface area (Å²) in [7, 11) is 1.78. The average molecular weight is 213 g/mol. The molecule has 2 rings (SSSR count). The molecule has 3 nitrogen and oxygen atoms in total. The number of nitrogens with zero attached hydrogens (tertiary/aromatic N) is 1. The summed E-state index contributed by atoms with van der Waals surface area (Å²) in [5, 5.41) is 10.1. The van der Waals surface area contributed by atoms with Crippen molar-refractivity contribution < 1.29 is 9.84 Å². The highest BCUT2D eigenvalue weighted by Gasteiger charge is 2.28. The summed E-state index contributed by atoms with van der Waals surface area (Å²) in [6.45, 7) is 2.94. The molecular formula is C12H23NO2. The van der Waals surface area contributed by atoms with E-state index < -0.39 is 0 Å². The summed E-state index contributed by atoms with van der Waals surface area (Å²) in [6.07, 6.45) is 6.47. The van der Waals surface area contributed by atoms with Crippen LogP contribution in [0.5, 0.6) is 0 Å². The number of aliphatic hydroxyl groups is 1. The Morgan fingerprint density at radius 3 is 2.67 bits per heavy atom. The molecule has 2 unspecified atom stereocenters. The van der Waals surface area contributed by atoms with Crippen LogP contribution in [0.3, 0.4) is 0 Å². The van der Waals surface area contributed by atoms with E-state index in [1.807, 2.05) is 0 Å². The van der Waals surface area contributed by atoms with Crippen LogP contribution < -0.4 is 0 Å². The normalized spacial score (nSPS) is 31.2. The Kier molecular flexibility index (Phi) is 4.00. The highest BCUT2D eigenvalue weighted by Crippen LogP contribution is 2.28. The quantitative estimate of drug-likeness (QED) is 0.763. The molecule has 3 heteroatoms. The largest absolute Gasteiger partial charge is 0.392 e. The number of β-amino-alcohol motifs (C(OH)–C–C–N with tert-alkyl or cyclic N) is 1. The van der Waals surface area contributed by atoms with Crippen molar-refractivity contribution in [1.29, 1.82) is 0 Å². The van der Waals surface area contributed by atoms with Gasteiger partial charge in [0.15, 0.2) is 0 Å². The standard InChI is InChI=1S/C12H23NO2/c1-15-11-6-7-13(8-11)9-12(14)10-4-2-3-5-10/h10-12,14H,2-9H2,1H3. The van der Waals surface area contributed by atoms with Crippen LogP contribution in [0.25, 0.3) is 0 Å². The molecule has 2 aliphatic rings. The highest BCUT2D eigenvalue weighted by atomic mass is 16.5. The molecular weight excluding hydrogens is 190 g/mol. The second kappa shape index (κ2) is 5.28.